The zero-order chi connectivity index (χ0) is 35.4. The van der Waals surface area contributed by atoms with Crippen LogP contribution in [0.1, 0.15) is 83.1 Å². The lowest BCUT2D eigenvalue weighted by Crippen LogP contribution is -2.58. The molecule has 14 heteroatoms. The number of sulfonamides is 1. The molecule has 3 heterocycles. The number of hydrogen-bond acceptors (Lipinski definition) is 10. The van der Waals surface area contributed by atoms with Crippen LogP contribution in [0.3, 0.4) is 0 Å². The van der Waals surface area contributed by atoms with Crippen molar-refractivity contribution in [3.63, 3.8) is 0 Å². The van der Waals surface area contributed by atoms with Crippen LogP contribution in [0.2, 0.25) is 0 Å². The largest absolute Gasteiger partial charge is 0.496 e. The van der Waals surface area contributed by atoms with Crippen molar-refractivity contribution in [1.29, 1.82) is 0 Å². The third kappa shape index (κ3) is 6.63. The molecule has 5 atom stereocenters. The molecule has 50 heavy (non-hydrogen) atoms. The van der Waals surface area contributed by atoms with Gasteiger partial charge in [0.25, 0.3) is 5.91 Å². The molecule has 3 amide bonds. The van der Waals surface area contributed by atoms with Gasteiger partial charge in [0.2, 0.25) is 27.7 Å². The Balaban J connectivity index is 1.18. The number of aryl methyl sites for hydroxylation is 1. The lowest BCUT2D eigenvalue weighted by Gasteiger charge is -2.28. The van der Waals surface area contributed by atoms with Gasteiger partial charge in [0.05, 0.1) is 30.0 Å². The highest BCUT2D eigenvalue weighted by Gasteiger charge is 2.63. The number of ether oxygens (including phenoxy) is 3. The topological polar surface area (TPSA) is 179 Å². The standard InChI is InChI=1S/C36H47N5O8S/c1-21-28(47-3)14-13-25-29(18-30(38-31(21)25)49-23-11-12-23)48-24-17-27-32(42)39-36(34(44)40-50(45,46)35(2)15-16-35)19-22(36)9-7-5-4-6-8-10-26(37)33(43)41(27)20-24/h7,9,13-14,18,22-24,26-27H,4-6,8,10-12,15-17,19-20,37H2,1-3H3,(H,39,42)(H,40,44)/b9-7-/t22?,24-,26+,27+,36-/m1/s1. The molecule has 13 nitrogen and oxygen atoms in total. The monoisotopic (exact) mass is 709 g/mol. The van der Waals surface area contributed by atoms with Crippen LogP contribution in [-0.2, 0) is 24.4 Å². The van der Waals surface area contributed by atoms with E-state index in [0.717, 1.165) is 49.5 Å². The summed E-state index contributed by atoms with van der Waals surface area (Å²) in [6, 6.07) is 3.66. The van der Waals surface area contributed by atoms with E-state index in [-0.39, 0.29) is 37.3 Å². The van der Waals surface area contributed by atoms with Crippen molar-refractivity contribution in [2.75, 3.05) is 13.7 Å². The molecule has 4 N–H and O–H groups in total. The number of nitrogens with two attached hydrogens (primary N) is 1. The highest BCUT2D eigenvalue weighted by atomic mass is 32.2. The summed E-state index contributed by atoms with van der Waals surface area (Å²) in [5.41, 5.74) is 6.47. The Morgan fingerprint density at radius 3 is 2.58 bits per heavy atom. The first kappa shape index (κ1) is 34.5. The van der Waals surface area contributed by atoms with Gasteiger partial charge in [-0.1, -0.05) is 25.0 Å². The normalized spacial score (nSPS) is 30.2. The smallest absolute Gasteiger partial charge is 0.259 e. The second-order valence-corrected chi connectivity index (χ2v) is 17.1. The summed E-state index contributed by atoms with van der Waals surface area (Å²) in [5.74, 6) is -0.452. The summed E-state index contributed by atoms with van der Waals surface area (Å²) < 4.78 is 45.6. The van der Waals surface area contributed by atoms with E-state index in [1.54, 1.807) is 20.1 Å². The van der Waals surface area contributed by atoms with Crippen molar-refractivity contribution in [2.45, 2.75) is 119 Å². The van der Waals surface area contributed by atoms with Crippen molar-refractivity contribution < 1.29 is 37.0 Å². The molecule has 2 aromatic rings. The first-order chi connectivity index (χ1) is 23.8. The number of hydrogen-bond donors (Lipinski definition) is 3. The first-order valence-corrected chi connectivity index (χ1v) is 19.3. The van der Waals surface area contributed by atoms with Crippen molar-refractivity contribution in [2.24, 2.45) is 11.7 Å². The van der Waals surface area contributed by atoms with Gasteiger partial charge in [-0.3, -0.25) is 19.1 Å². The maximum atomic E-state index is 14.2. The summed E-state index contributed by atoms with van der Waals surface area (Å²) in [7, 11) is -2.34. The average molecular weight is 710 g/mol. The van der Waals surface area contributed by atoms with E-state index in [2.05, 4.69) is 10.0 Å². The molecule has 7 rings (SSSR count). The van der Waals surface area contributed by atoms with Crippen molar-refractivity contribution in [1.82, 2.24) is 19.9 Å². The van der Waals surface area contributed by atoms with Crippen LogP contribution in [0.25, 0.3) is 10.9 Å². The Labute approximate surface area is 292 Å². The number of methoxy groups -OCH3 is 1. The Hall–Kier alpha value is -3.91. The van der Waals surface area contributed by atoms with Crippen LogP contribution in [0.4, 0.5) is 0 Å². The number of carbonyl (C=O) groups excluding carboxylic acids is 3. The van der Waals surface area contributed by atoms with Gasteiger partial charge >= 0.3 is 0 Å². The fourth-order valence-electron chi connectivity index (χ4n) is 7.11. The van der Waals surface area contributed by atoms with Crippen LogP contribution in [0.5, 0.6) is 17.4 Å². The summed E-state index contributed by atoms with van der Waals surface area (Å²) in [6.45, 7) is 3.62. The van der Waals surface area contributed by atoms with Crippen molar-refractivity contribution in [3.8, 4) is 17.4 Å². The third-order valence-electron chi connectivity index (χ3n) is 11.0. The minimum Gasteiger partial charge on any atom is -0.496 e. The summed E-state index contributed by atoms with van der Waals surface area (Å²) in [4.78, 5) is 48.0. The van der Waals surface area contributed by atoms with Crippen LogP contribution in [0, 0.1) is 12.8 Å². The van der Waals surface area contributed by atoms with Crippen LogP contribution in [-0.4, -0.2) is 84.3 Å². The molecule has 1 aromatic heterocycles. The molecular weight excluding hydrogens is 662 g/mol. The van der Waals surface area contributed by atoms with Gasteiger partial charge in [0, 0.05) is 29.4 Å². The van der Waals surface area contributed by atoms with Crippen molar-refractivity contribution >= 4 is 38.6 Å². The number of aromatic nitrogens is 1. The van der Waals surface area contributed by atoms with Crippen LogP contribution < -0.4 is 30.0 Å². The number of nitrogens with one attached hydrogen (secondary N) is 2. The predicted octanol–water partition coefficient (Wildman–Crippen LogP) is 3.16. The van der Waals surface area contributed by atoms with Gasteiger partial charge in [-0.2, -0.15) is 0 Å². The summed E-state index contributed by atoms with van der Waals surface area (Å²) >= 11 is 0. The number of nitrogens with zero attached hydrogens (tertiary/aromatic N) is 2. The number of carbonyl (C=O) groups is 3. The average Bonchev–Trinajstić information content (AvgIpc) is 4.03. The second kappa shape index (κ2) is 13.0. The highest BCUT2D eigenvalue weighted by Crippen LogP contribution is 2.47. The molecule has 1 unspecified atom stereocenters. The van der Waals surface area contributed by atoms with E-state index in [1.807, 2.05) is 31.2 Å². The number of rotatable bonds is 8. The minimum atomic E-state index is -3.94. The molecule has 1 saturated heterocycles. The Kier molecular flexibility index (Phi) is 8.98. The molecule has 1 aromatic carbocycles. The minimum absolute atomic E-state index is 0.0949. The zero-order valence-corrected chi connectivity index (χ0v) is 29.7. The maximum Gasteiger partial charge on any atom is 0.259 e. The summed E-state index contributed by atoms with van der Waals surface area (Å²) in [5, 5.41) is 3.64. The lowest BCUT2D eigenvalue weighted by molar-refractivity contribution is -0.140. The van der Waals surface area contributed by atoms with E-state index in [9.17, 15) is 22.8 Å². The molecule has 3 aliphatic carbocycles. The SMILES string of the molecule is COc1ccc2c(O[C@@H]3C[C@H]4C(=O)N[C@]5(C(=O)NS(=O)(=O)C6(C)CC6)CC5/C=C\CCCCC[C@H](N)C(=O)N4C3)cc(OC3CC3)nc2c1C. The highest BCUT2D eigenvalue weighted by molar-refractivity contribution is 7.91. The maximum absolute atomic E-state index is 14.2. The fourth-order valence-corrected chi connectivity index (χ4v) is 8.43. The van der Waals surface area contributed by atoms with Crippen molar-refractivity contribution in [3.05, 3.63) is 35.9 Å². The van der Waals surface area contributed by atoms with Gasteiger partial charge in [-0.05, 0) is 77.3 Å². The van der Waals surface area contributed by atoms with Gasteiger partial charge in [-0.15, -0.1) is 0 Å². The Bertz CT molecular complexity index is 1840. The van der Waals surface area contributed by atoms with Crippen LogP contribution >= 0.6 is 0 Å². The molecular formula is C36H47N5O8S. The lowest BCUT2D eigenvalue weighted by atomic mass is 10.1. The fraction of sp³-hybridized carbons (Fsp3) is 0.611. The molecule has 3 saturated carbocycles. The molecule has 0 spiro atoms. The van der Waals surface area contributed by atoms with E-state index >= 15 is 0 Å². The number of allylic oxidation sites excluding steroid dienone is 1. The molecule has 0 radical (unpaired) electrons. The first-order valence-electron chi connectivity index (χ1n) is 17.8. The number of amides is 3. The second-order valence-electron chi connectivity index (χ2n) is 14.9. The van der Waals surface area contributed by atoms with Gasteiger partial charge in [0.1, 0.15) is 35.3 Å². The van der Waals surface area contributed by atoms with Gasteiger partial charge in [-0.25, -0.2) is 13.4 Å². The number of pyridine rings is 1. The molecule has 4 fully saturated rings. The van der Waals surface area contributed by atoms with Gasteiger partial charge < -0.3 is 30.2 Å². The summed E-state index contributed by atoms with van der Waals surface area (Å²) in [6.07, 6.45) is 10.3. The zero-order valence-electron chi connectivity index (χ0n) is 28.9. The number of benzene rings is 1. The Morgan fingerprint density at radius 1 is 1.08 bits per heavy atom. The predicted molar refractivity (Wildman–Crippen MR) is 185 cm³/mol. The van der Waals surface area contributed by atoms with E-state index in [0.29, 0.717) is 42.2 Å². The van der Waals surface area contributed by atoms with E-state index < -0.39 is 50.3 Å². The van der Waals surface area contributed by atoms with Crippen LogP contribution in [0.15, 0.2) is 30.4 Å². The molecule has 5 aliphatic rings. The van der Waals surface area contributed by atoms with E-state index in [4.69, 9.17) is 24.9 Å². The Morgan fingerprint density at radius 2 is 1.86 bits per heavy atom. The quantitative estimate of drug-likeness (QED) is 0.345. The number of fused-ring (bicyclic) bond motifs is 3. The van der Waals surface area contributed by atoms with E-state index in [1.165, 1.54) is 4.90 Å². The molecule has 2 aliphatic heterocycles. The molecule has 0 bridgehead atoms. The molecule has 270 valence electrons. The third-order valence-corrected chi connectivity index (χ3v) is 13.1. The van der Waals surface area contributed by atoms with Gasteiger partial charge in [0.15, 0.2) is 0 Å².